The van der Waals surface area contributed by atoms with Gasteiger partial charge in [-0.15, -0.1) is 0 Å². The summed E-state index contributed by atoms with van der Waals surface area (Å²) >= 11 is 6.13. The zero-order valence-electron chi connectivity index (χ0n) is 15.5. The molecule has 0 N–H and O–H groups in total. The largest absolute Gasteiger partial charge is 0.437 e. The summed E-state index contributed by atoms with van der Waals surface area (Å²) in [5, 5.41) is 0.501. The molecule has 1 aliphatic heterocycles. The fourth-order valence-electron chi connectivity index (χ4n) is 3.11. The van der Waals surface area contributed by atoms with Crippen LogP contribution in [-0.4, -0.2) is 47.0 Å². The number of para-hydroxylation sites is 1. The van der Waals surface area contributed by atoms with E-state index < -0.39 is 0 Å². The van der Waals surface area contributed by atoms with Crippen molar-refractivity contribution in [1.82, 2.24) is 14.9 Å². The number of rotatable bonds is 4. The minimum absolute atomic E-state index is 0.102. The van der Waals surface area contributed by atoms with Crippen LogP contribution in [-0.2, 0) is 0 Å². The first-order valence-electron chi connectivity index (χ1n) is 9.14. The summed E-state index contributed by atoms with van der Waals surface area (Å²) in [6.45, 7) is 2.33. The van der Waals surface area contributed by atoms with Crippen molar-refractivity contribution in [2.45, 2.75) is 0 Å². The maximum absolute atomic E-state index is 13.1. The molecule has 1 fully saturated rings. The second-order valence-corrected chi connectivity index (χ2v) is 6.94. The molecule has 0 spiro atoms. The van der Waals surface area contributed by atoms with Gasteiger partial charge in [0.2, 0.25) is 5.88 Å². The molecule has 6 nitrogen and oxygen atoms in total. The lowest BCUT2D eigenvalue weighted by atomic mass is 10.2. The van der Waals surface area contributed by atoms with Crippen LogP contribution in [0.5, 0.6) is 11.6 Å². The highest BCUT2D eigenvalue weighted by atomic mass is 35.5. The third-order valence-electron chi connectivity index (χ3n) is 4.66. The molecule has 2 aromatic carbocycles. The Morgan fingerprint density at radius 3 is 2.45 bits per heavy atom. The molecule has 0 bridgehead atoms. The second kappa shape index (κ2) is 8.45. The van der Waals surface area contributed by atoms with Crippen molar-refractivity contribution in [3.63, 3.8) is 0 Å². The van der Waals surface area contributed by atoms with Crippen molar-refractivity contribution in [1.29, 1.82) is 0 Å². The number of benzene rings is 2. The standard InChI is InChI=1S/C21H18ClFN4O2/c22-17-3-1-2-4-18(17)29-20-13-19(24-14-25-20)26-9-11-27(12-10-26)21(28)15-5-7-16(23)8-6-15/h1-8,13-14H,9-12H2. The van der Waals surface area contributed by atoms with Crippen LogP contribution in [0.4, 0.5) is 10.2 Å². The molecule has 4 rings (SSSR count). The van der Waals surface area contributed by atoms with Crippen LogP contribution in [0.25, 0.3) is 0 Å². The van der Waals surface area contributed by atoms with Gasteiger partial charge in [0.25, 0.3) is 5.91 Å². The quantitative estimate of drug-likeness (QED) is 0.647. The second-order valence-electron chi connectivity index (χ2n) is 6.53. The average molecular weight is 413 g/mol. The van der Waals surface area contributed by atoms with E-state index in [1.807, 2.05) is 12.1 Å². The number of hydrogen-bond acceptors (Lipinski definition) is 5. The number of piperazine rings is 1. The third kappa shape index (κ3) is 4.46. The third-order valence-corrected chi connectivity index (χ3v) is 4.97. The van der Waals surface area contributed by atoms with Crippen LogP contribution in [0.3, 0.4) is 0 Å². The lowest BCUT2D eigenvalue weighted by Crippen LogP contribution is -2.49. The summed E-state index contributed by atoms with van der Waals surface area (Å²) in [7, 11) is 0. The van der Waals surface area contributed by atoms with E-state index in [4.69, 9.17) is 16.3 Å². The lowest BCUT2D eigenvalue weighted by Gasteiger charge is -2.35. The fourth-order valence-corrected chi connectivity index (χ4v) is 3.29. The van der Waals surface area contributed by atoms with Gasteiger partial charge in [0.1, 0.15) is 23.7 Å². The molecule has 0 atom stereocenters. The van der Waals surface area contributed by atoms with E-state index in [9.17, 15) is 9.18 Å². The first-order valence-corrected chi connectivity index (χ1v) is 9.52. The summed E-state index contributed by atoms with van der Waals surface area (Å²) in [6, 6.07) is 14.5. The Kier molecular flexibility index (Phi) is 5.57. The van der Waals surface area contributed by atoms with E-state index >= 15 is 0 Å². The van der Waals surface area contributed by atoms with E-state index in [-0.39, 0.29) is 11.7 Å². The monoisotopic (exact) mass is 412 g/mol. The predicted octanol–water partition coefficient (Wildman–Crippen LogP) is 4.02. The molecule has 148 valence electrons. The first-order chi connectivity index (χ1) is 14.1. The van der Waals surface area contributed by atoms with Gasteiger partial charge in [-0.25, -0.2) is 14.4 Å². The molecule has 1 aromatic heterocycles. The van der Waals surface area contributed by atoms with E-state index in [2.05, 4.69) is 14.9 Å². The number of aromatic nitrogens is 2. The van der Waals surface area contributed by atoms with Gasteiger partial charge in [0.15, 0.2) is 0 Å². The SMILES string of the molecule is O=C(c1ccc(F)cc1)N1CCN(c2cc(Oc3ccccc3Cl)ncn2)CC1. The summed E-state index contributed by atoms with van der Waals surface area (Å²) in [4.78, 5) is 24.9. The van der Waals surface area contributed by atoms with Gasteiger partial charge in [0, 0.05) is 37.8 Å². The molecule has 0 radical (unpaired) electrons. The normalized spacial score (nSPS) is 14.0. The van der Waals surface area contributed by atoms with Gasteiger partial charge >= 0.3 is 0 Å². The predicted molar refractivity (Wildman–Crippen MR) is 108 cm³/mol. The van der Waals surface area contributed by atoms with Crippen molar-refractivity contribution in [2.24, 2.45) is 0 Å². The number of carbonyl (C=O) groups is 1. The van der Waals surface area contributed by atoms with Crippen molar-refractivity contribution in [3.8, 4) is 11.6 Å². The summed E-state index contributed by atoms with van der Waals surface area (Å²) in [6.07, 6.45) is 1.44. The molecule has 1 aliphatic rings. The number of hydrogen-bond donors (Lipinski definition) is 0. The van der Waals surface area contributed by atoms with Crippen LogP contribution in [0, 0.1) is 5.82 Å². The zero-order valence-corrected chi connectivity index (χ0v) is 16.2. The van der Waals surface area contributed by atoms with Gasteiger partial charge in [-0.1, -0.05) is 23.7 Å². The highest BCUT2D eigenvalue weighted by Gasteiger charge is 2.23. The van der Waals surface area contributed by atoms with E-state index in [1.54, 1.807) is 23.1 Å². The number of anilines is 1. The Morgan fingerprint density at radius 1 is 1.00 bits per heavy atom. The highest BCUT2D eigenvalue weighted by molar-refractivity contribution is 6.32. The maximum atomic E-state index is 13.1. The molecule has 2 heterocycles. The minimum Gasteiger partial charge on any atom is -0.437 e. The number of amides is 1. The van der Waals surface area contributed by atoms with Crippen molar-refractivity contribution < 1.29 is 13.9 Å². The van der Waals surface area contributed by atoms with Crippen LogP contribution in [0.1, 0.15) is 10.4 Å². The average Bonchev–Trinajstić information content (AvgIpc) is 2.76. The molecular formula is C21H18ClFN4O2. The molecule has 1 amide bonds. The molecule has 29 heavy (non-hydrogen) atoms. The highest BCUT2D eigenvalue weighted by Crippen LogP contribution is 2.29. The minimum atomic E-state index is -0.357. The number of ether oxygens (including phenoxy) is 1. The van der Waals surface area contributed by atoms with Crippen molar-refractivity contribution >= 4 is 23.3 Å². The summed E-state index contributed by atoms with van der Waals surface area (Å²) in [5.41, 5.74) is 0.484. The molecule has 0 aliphatic carbocycles. The Bertz CT molecular complexity index is 1010. The van der Waals surface area contributed by atoms with Gasteiger partial charge in [-0.3, -0.25) is 4.79 Å². The van der Waals surface area contributed by atoms with E-state index in [0.29, 0.717) is 48.4 Å². The van der Waals surface area contributed by atoms with Gasteiger partial charge < -0.3 is 14.5 Å². The molecule has 0 saturated carbocycles. The van der Waals surface area contributed by atoms with Gasteiger partial charge in [-0.2, -0.15) is 0 Å². The molecule has 1 saturated heterocycles. The first kappa shape index (κ1) is 19.1. The number of carbonyl (C=O) groups excluding carboxylic acids is 1. The number of nitrogens with zero attached hydrogens (tertiary/aromatic N) is 4. The Morgan fingerprint density at radius 2 is 1.72 bits per heavy atom. The van der Waals surface area contributed by atoms with E-state index in [0.717, 1.165) is 5.82 Å². The Hall–Kier alpha value is -3.19. The van der Waals surface area contributed by atoms with E-state index in [1.165, 1.54) is 30.6 Å². The molecule has 3 aromatic rings. The lowest BCUT2D eigenvalue weighted by molar-refractivity contribution is 0.0746. The van der Waals surface area contributed by atoms with Crippen LogP contribution in [0.2, 0.25) is 5.02 Å². The smallest absolute Gasteiger partial charge is 0.253 e. The Balaban J connectivity index is 1.40. The van der Waals surface area contributed by atoms with Gasteiger partial charge in [0.05, 0.1) is 5.02 Å². The van der Waals surface area contributed by atoms with Crippen LogP contribution < -0.4 is 9.64 Å². The topological polar surface area (TPSA) is 58.6 Å². The fraction of sp³-hybridized carbons (Fsp3) is 0.190. The maximum Gasteiger partial charge on any atom is 0.253 e. The molecule has 0 unspecified atom stereocenters. The molecule has 8 heteroatoms. The summed E-state index contributed by atoms with van der Waals surface area (Å²) in [5.74, 6) is 1.18. The van der Waals surface area contributed by atoms with Gasteiger partial charge in [-0.05, 0) is 36.4 Å². The number of halogens is 2. The van der Waals surface area contributed by atoms with Crippen LogP contribution >= 0.6 is 11.6 Å². The van der Waals surface area contributed by atoms with Crippen molar-refractivity contribution in [3.05, 3.63) is 77.3 Å². The zero-order chi connectivity index (χ0) is 20.2. The Labute approximate surface area is 172 Å². The van der Waals surface area contributed by atoms with Crippen molar-refractivity contribution in [2.75, 3.05) is 31.1 Å². The van der Waals surface area contributed by atoms with Crippen LogP contribution in [0.15, 0.2) is 60.9 Å². The molecular weight excluding hydrogens is 395 g/mol. The summed E-state index contributed by atoms with van der Waals surface area (Å²) < 4.78 is 18.8.